The smallest absolute Gasteiger partial charge is 0.386 e. The number of urea groups is 1. The highest BCUT2D eigenvalue weighted by atomic mass is 32.2. The molecule has 0 aliphatic carbocycles. The summed E-state index contributed by atoms with van der Waals surface area (Å²) < 4.78 is 62.3. The number of hydrogen-bond donors (Lipinski definition) is 11. The molecule has 0 spiro atoms. The molecule has 3 aliphatic rings. The molecule has 27 nitrogen and oxygen atoms in total. The Balaban J connectivity index is 0.966. The molecular formula is C32H52N9O18P3S2. The molecule has 64 heavy (non-hydrogen) atoms. The predicted molar refractivity (Wildman–Crippen MR) is 226 cm³/mol. The second kappa shape index (κ2) is 22.3. The maximum absolute atomic E-state index is 12.7. The molecule has 0 radical (unpaired) electrons. The van der Waals surface area contributed by atoms with Crippen LogP contribution >= 0.6 is 47.0 Å². The maximum Gasteiger partial charge on any atom is 0.481 e. The fourth-order valence-corrected chi connectivity index (χ4v) is 11.9. The van der Waals surface area contributed by atoms with E-state index in [0.29, 0.717) is 17.4 Å². The molecule has 3 fully saturated rings. The number of ether oxygens (including phenoxy) is 1. The number of nitrogens with one attached hydrogen (secondary N) is 4. The van der Waals surface area contributed by atoms with Gasteiger partial charge < -0.3 is 61.5 Å². The number of aromatic nitrogens is 4. The summed E-state index contributed by atoms with van der Waals surface area (Å²) >= 11 is 2.96. The molecule has 0 aromatic carbocycles. The van der Waals surface area contributed by atoms with E-state index in [0.717, 1.165) is 60.4 Å². The number of phosphoric acid groups is 3. The van der Waals surface area contributed by atoms with Crippen molar-refractivity contribution in [3.63, 3.8) is 0 Å². The molecule has 10 atom stereocenters. The van der Waals surface area contributed by atoms with Gasteiger partial charge in [-0.25, -0.2) is 33.4 Å². The zero-order valence-corrected chi connectivity index (χ0v) is 38.7. The number of unbranched alkanes of at least 4 members (excludes halogenated alkanes) is 2. The van der Waals surface area contributed by atoms with Crippen molar-refractivity contribution < 1.29 is 85.3 Å². The van der Waals surface area contributed by atoms with Crippen molar-refractivity contribution in [1.29, 1.82) is 0 Å². The van der Waals surface area contributed by atoms with Gasteiger partial charge in [0.15, 0.2) is 22.8 Å². The fourth-order valence-electron chi connectivity index (χ4n) is 6.80. The van der Waals surface area contributed by atoms with Crippen LogP contribution in [0.3, 0.4) is 0 Å². The summed E-state index contributed by atoms with van der Waals surface area (Å²) in [7, 11) is -16.4. The average molecular weight is 1010 g/mol. The van der Waals surface area contributed by atoms with Crippen LogP contribution < -0.4 is 27.0 Å². The molecule has 3 saturated heterocycles. The van der Waals surface area contributed by atoms with Crippen LogP contribution in [0.1, 0.15) is 58.6 Å². The topological polar surface area (TPSA) is 405 Å². The quantitative estimate of drug-likeness (QED) is 0.0348. The average Bonchev–Trinajstić information content (AvgIpc) is 3.97. The Bertz CT molecular complexity index is 2140. The van der Waals surface area contributed by atoms with Gasteiger partial charge >= 0.3 is 29.5 Å². The standard InChI is InChI=1S/C32H52N9O18P3S2/c1-32(2,26(45)29(46)35-9-8-20(42)34-10-11-63-21(43)7-5-3-4-6-19-22-17(13-64-19)39-31(47)40-22)14-56-62(53,54)59-61(51,52)55-12-18-25(58-60(48,49)50)24(44)30(57-18)41-16-38-23-27(33)36-15-37-28(23)41/h15-19,22,24-26,30,44-45H,3-14H2,1-2H3,(H,34,42)(H,35,46)(H,51,52)(H,53,54)(H2,33,36,37)(H2,39,40,47)(H2,48,49,50). The number of fused-ring (bicyclic) bond motifs is 2. The largest absolute Gasteiger partial charge is 0.481 e. The molecular weight excluding hydrogens is 955 g/mol. The van der Waals surface area contributed by atoms with Gasteiger partial charge in [-0.05, 0) is 12.8 Å². The number of nitrogens with zero attached hydrogens (tertiary/aromatic N) is 4. The Morgan fingerprint density at radius 2 is 1.78 bits per heavy atom. The van der Waals surface area contributed by atoms with Gasteiger partial charge in [-0.3, -0.25) is 32.5 Å². The zero-order valence-electron chi connectivity index (χ0n) is 34.4. The molecule has 0 bridgehead atoms. The Kier molecular flexibility index (Phi) is 18.2. The number of imidazole rings is 1. The van der Waals surface area contributed by atoms with Crippen LogP contribution in [0.15, 0.2) is 12.7 Å². The van der Waals surface area contributed by atoms with Gasteiger partial charge in [-0.1, -0.05) is 38.5 Å². The van der Waals surface area contributed by atoms with Gasteiger partial charge in [0.25, 0.3) is 0 Å². The number of anilines is 1. The number of amides is 4. The molecule has 2 aromatic heterocycles. The van der Waals surface area contributed by atoms with E-state index in [-0.39, 0.29) is 59.7 Å². The minimum atomic E-state index is -5.58. The summed E-state index contributed by atoms with van der Waals surface area (Å²) in [5.74, 6) is -0.218. The Labute approximate surface area is 373 Å². The molecule has 4 amide bonds. The van der Waals surface area contributed by atoms with Gasteiger partial charge in [0.05, 0.1) is 31.6 Å². The number of phosphoric ester groups is 3. The first-order chi connectivity index (χ1) is 29.9. The van der Waals surface area contributed by atoms with E-state index in [1.54, 1.807) is 0 Å². The predicted octanol–water partition coefficient (Wildman–Crippen LogP) is -0.219. The van der Waals surface area contributed by atoms with Gasteiger partial charge in [-0.2, -0.15) is 16.1 Å². The molecule has 5 rings (SSSR count). The van der Waals surface area contributed by atoms with E-state index in [1.807, 2.05) is 11.8 Å². The molecule has 2 aromatic rings. The van der Waals surface area contributed by atoms with E-state index >= 15 is 0 Å². The summed E-state index contributed by atoms with van der Waals surface area (Å²) in [5, 5.41) is 32.8. The van der Waals surface area contributed by atoms with Crippen molar-refractivity contribution in [2.75, 3.05) is 43.5 Å². The number of nitrogen functional groups attached to an aromatic ring is 1. The van der Waals surface area contributed by atoms with Crippen LogP contribution in [-0.4, -0.2) is 152 Å². The van der Waals surface area contributed by atoms with Crippen LogP contribution in [-0.2, 0) is 50.7 Å². The highest BCUT2D eigenvalue weighted by molar-refractivity contribution is 8.13. The summed E-state index contributed by atoms with van der Waals surface area (Å²) in [6.07, 6.45) is -3.00. The number of rotatable bonds is 25. The van der Waals surface area contributed by atoms with Crippen LogP contribution in [0.2, 0.25) is 0 Å². The van der Waals surface area contributed by atoms with Gasteiger partial charge in [0.1, 0.15) is 36.3 Å². The third-order valence-electron chi connectivity index (χ3n) is 10.1. The minimum Gasteiger partial charge on any atom is -0.386 e. The minimum absolute atomic E-state index is 0.00809. The molecule has 3 aliphatic heterocycles. The second-order valence-electron chi connectivity index (χ2n) is 15.5. The highest BCUT2D eigenvalue weighted by Crippen LogP contribution is 2.61. The lowest BCUT2D eigenvalue weighted by molar-refractivity contribution is -0.137. The highest BCUT2D eigenvalue weighted by Gasteiger charge is 2.50. The van der Waals surface area contributed by atoms with Crippen LogP contribution in [0.5, 0.6) is 0 Å². The molecule has 32 heteroatoms. The van der Waals surface area contributed by atoms with Crippen molar-refractivity contribution in [3.05, 3.63) is 12.7 Å². The van der Waals surface area contributed by atoms with Crippen molar-refractivity contribution >= 4 is 86.9 Å². The van der Waals surface area contributed by atoms with Crippen molar-refractivity contribution in [2.45, 2.75) is 100 Å². The molecule has 12 N–H and O–H groups in total. The Morgan fingerprint density at radius 3 is 2.52 bits per heavy atom. The number of aliphatic hydroxyl groups is 2. The van der Waals surface area contributed by atoms with Crippen molar-refractivity contribution in [3.8, 4) is 0 Å². The number of nitrogens with two attached hydrogens (primary N) is 1. The third-order valence-corrected chi connectivity index (χ3v) is 15.6. The molecule has 360 valence electrons. The number of carbonyl (C=O) groups excluding carboxylic acids is 4. The number of hydrogen-bond acceptors (Lipinski definition) is 20. The van der Waals surface area contributed by atoms with Gasteiger partial charge in [0.2, 0.25) is 11.8 Å². The first kappa shape index (κ1) is 52.2. The normalized spacial score (nSPS) is 25.8. The Hall–Kier alpha value is -2.82. The van der Waals surface area contributed by atoms with E-state index in [1.165, 1.54) is 13.8 Å². The van der Waals surface area contributed by atoms with Crippen LogP contribution in [0.25, 0.3) is 11.2 Å². The summed E-state index contributed by atoms with van der Waals surface area (Å²) in [4.78, 5) is 99.8. The lowest BCUT2D eigenvalue weighted by Crippen LogP contribution is -2.46. The van der Waals surface area contributed by atoms with Crippen LogP contribution in [0, 0.1) is 5.41 Å². The lowest BCUT2D eigenvalue weighted by Gasteiger charge is -2.30. The summed E-state index contributed by atoms with van der Waals surface area (Å²) in [6.45, 7) is 0.471. The fraction of sp³-hybridized carbons (Fsp3) is 0.719. The van der Waals surface area contributed by atoms with E-state index in [9.17, 15) is 62.7 Å². The third kappa shape index (κ3) is 14.8. The monoisotopic (exact) mass is 1010 g/mol. The summed E-state index contributed by atoms with van der Waals surface area (Å²) in [6, 6.07) is 0.220. The second-order valence-corrected chi connectivity index (χ2v) is 22.2. The maximum atomic E-state index is 12.7. The van der Waals surface area contributed by atoms with E-state index < -0.39 is 84.6 Å². The lowest BCUT2D eigenvalue weighted by atomic mass is 9.87. The first-order valence-corrected chi connectivity index (χ1v) is 26.2. The van der Waals surface area contributed by atoms with E-state index in [4.69, 9.17) is 19.5 Å². The summed E-state index contributed by atoms with van der Waals surface area (Å²) in [5.41, 5.74) is 4.25. The SMILES string of the molecule is CC(C)(COP(=O)(O)OP(=O)(O)OCC1OC(n2cnc3c(N)ncnc32)C(O)C1OP(=O)(O)O)C(O)C(=O)NCCC(=O)NCCSC(=O)CCCCCC1SCC2NC(=O)NC21. The number of thioether (sulfide) groups is 2. The number of aliphatic hydroxyl groups excluding tert-OH is 2. The number of carbonyl (C=O) groups is 4. The van der Waals surface area contributed by atoms with Gasteiger partial charge in [-0.15, -0.1) is 0 Å². The van der Waals surface area contributed by atoms with E-state index in [2.05, 4.69) is 45.1 Å². The zero-order chi connectivity index (χ0) is 47.0. The Morgan fingerprint density at radius 1 is 1.05 bits per heavy atom. The van der Waals surface area contributed by atoms with Crippen LogP contribution in [0.4, 0.5) is 10.6 Å². The van der Waals surface area contributed by atoms with Gasteiger partial charge in [0, 0.05) is 48.1 Å². The molecule has 5 heterocycles. The van der Waals surface area contributed by atoms with Crippen molar-refractivity contribution in [2.24, 2.45) is 5.41 Å². The molecule has 0 saturated carbocycles. The van der Waals surface area contributed by atoms with Crippen molar-refractivity contribution in [1.82, 2.24) is 40.8 Å². The first-order valence-electron chi connectivity index (χ1n) is 19.7. The molecule has 10 unspecified atom stereocenters.